The number of carbonyl (C=O) groups is 2. The lowest BCUT2D eigenvalue weighted by Crippen LogP contribution is -2.55. The predicted octanol–water partition coefficient (Wildman–Crippen LogP) is 4.79. The number of unbranched alkanes of at least 4 members (excludes halogenated alkanes) is 1. The van der Waals surface area contributed by atoms with Crippen LogP contribution in [0.5, 0.6) is 0 Å². The van der Waals surface area contributed by atoms with Gasteiger partial charge in [0.15, 0.2) is 0 Å². The summed E-state index contributed by atoms with van der Waals surface area (Å²) in [7, 11) is 0. The fraction of sp³-hybridized carbons (Fsp3) is 0.684. The maximum atomic E-state index is 12.2. The third kappa shape index (κ3) is 5.52. The topological polar surface area (TPSA) is 52.6 Å². The molecule has 0 fully saturated rings. The third-order valence-electron chi connectivity index (χ3n) is 3.99. The number of rotatable bonds is 9. The second-order valence-electron chi connectivity index (χ2n) is 6.96. The Morgan fingerprint density at radius 1 is 1.17 bits per heavy atom. The number of esters is 2. The Balaban J connectivity index is 5.99. The second kappa shape index (κ2) is 8.90. The molecule has 0 saturated heterocycles. The van der Waals surface area contributed by atoms with Crippen LogP contribution in [-0.4, -0.2) is 17.7 Å². The lowest BCUT2D eigenvalue weighted by Gasteiger charge is -2.47. The summed E-state index contributed by atoms with van der Waals surface area (Å²) in [5.74, 6) is -2.59. The van der Waals surface area contributed by atoms with E-state index >= 15 is 0 Å². The molecule has 0 aliphatic carbocycles. The molecular formula is C19H32O4. The minimum atomic E-state index is -1.35. The average molecular weight is 324 g/mol. The van der Waals surface area contributed by atoms with E-state index in [2.05, 4.69) is 20.1 Å². The van der Waals surface area contributed by atoms with Gasteiger partial charge in [-0.1, -0.05) is 60.6 Å². The zero-order valence-corrected chi connectivity index (χ0v) is 15.5. The Morgan fingerprint density at radius 2 is 1.74 bits per heavy atom. The summed E-state index contributed by atoms with van der Waals surface area (Å²) < 4.78 is 11.4. The molecule has 0 saturated carbocycles. The van der Waals surface area contributed by atoms with Crippen molar-refractivity contribution in [2.24, 2.45) is 11.3 Å². The van der Waals surface area contributed by atoms with E-state index in [-0.39, 0.29) is 11.5 Å². The smallest absolute Gasteiger partial charge is 0.336 e. The zero-order chi connectivity index (χ0) is 18.3. The van der Waals surface area contributed by atoms with Crippen molar-refractivity contribution in [3.05, 3.63) is 24.8 Å². The molecule has 0 bridgehead atoms. The summed E-state index contributed by atoms with van der Waals surface area (Å²) in [6.07, 6.45) is 4.61. The summed E-state index contributed by atoms with van der Waals surface area (Å²) in [6.45, 7) is 18.5. The second-order valence-corrected chi connectivity index (χ2v) is 6.96. The maximum absolute atomic E-state index is 12.2. The molecule has 0 aliphatic heterocycles. The van der Waals surface area contributed by atoms with Crippen molar-refractivity contribution in [3.63, 3.8) is 0 Å². The van der Waals surface area contributed by atoms with Crippen molar-refractivity contribution in [3.8, 4) is 0 Å². The molecule has 4 heteroatoms. The highest BCUT2D eigenvalue weighted by molar-refractivity contribution is 5.87. The first kappa shape index (κ1) is 21.4. The van der Waals surface area contributed by atoms with Gasteiger partial charge in [-0.25, -0.2) is 9.59 Å². The summed E-state index contributed by atoms with van der Waals surface area (Å²) in [5.41, 5.74) is -0.316. The quantitative estimate of drug-likeness (QED) is 0.347. The van der Waals surface area contributed by atoms with E-state index < -0.39 is 23.1 Å². The molecular weight excluding hydrogens is 292 g/mol. The normalized spacial score (nSPS) is 15.2. The van der Waals surface area contributed by atoms with Crippen LogP contribution in [0, 0.1) is 11.3 Å². The van der Waals surface area contributed by atoms with Crippen molar-refractivity contribution in [2.45, 2.75) is 73.0 Å². The van der Waals surface area contributed by atoms with E-state index in [1.165, 1.54) is 0 Å². The van der Waals surface area contributed by atoms with Crippen LogP contribution in [0.1, 0.15) is 67.2 Å². The highest BCUT2D eigenvalue weighted by Crippen LogP contribution is 2.45. The van der Waals surface area contributed by atoms with E-state index in [1.807, 2.05) is 27.7 Å². The largest absolute Gasteiger partial charge is 0.418 e. The van der Waals surface area contributed by atoms with Crippen LogP contribution >= 0.6 is 0 Å². The van der Waals surface area contributed by atoms with Crippen molar-refractivity contribution in [1.29, 1.82) is 0 Å². The third-order valence-corrected chi connectivity index (χ3v) is 3.99. The Bertz CT molecular complexity index is 445. The highest BCUT2D eigenvalue weighted by Gasteiger charge is 2.54. The van der Waals surface area contributed by atoms with Gasteiger partial charge >= 0.3 is 11.9 Å². The monoisotopic (exact) mass is 324 g/mol. The van der Waals surface area contributed by atoms with Gasteiger partial charge in [0.05, 0.1) is 0 Å². The predicted molar refractivity (Wildman–Crippen MR) is 92.7 cm³/mol. The van der Waals surface area contributed by atoms with Crippen LogP contribution in [0.25, 0.3) is 0 Å². The minimum absolute atomic E-state index is 0.102. The Labute approximate surface area is 140 Å². The van der Waals surface area contributed by atoms with Gasteiger partial charge in [0.1, 0.15) is 0 Å². The molecule has 4 nitrogen and oxygen atoms in total. The standard InChI is InChI=1S/C19H32O4/c1-9-12-13-15(10-2)19(18(6,7)8,22-16(20)11-3)23-17(21)14(4)5/h11,15H,3-4,9-10,12-13H2,1-2,5-8H3. The van der Waals surface area contributed by atoms with Crippen molar-refractivity contribution < 1.29 is 19.1 Å². The molecule has 0 aliphatic rings. The number of hydrogen-bond acceptors (Lipinski definition) is 4. The molecule has 132 valence electrons. The van der Waals surface area contributed by atoms with E-state index in [9.17, 15) is 9.59 Å². The van der Waals surface area contributed by atoms with Gasteiger partial charge in [0.25, 0.3) is 5.79 Å². The molecule has 0 heterocycles. The van der Waals surface area contributed by atoms with Gasteiger partial charge in [-0.3, -0.25) is 0 Å². The minimum Gasteiger partial charge on any atom is -0.418 e. The van der Waals surface area contributed by atoms with Gasteiger partial charge in [0, 0.05) is 23.0 Å². The maximum Gasteiger partial charge on any atom is 0.336 e. The Hall–Kier alpha value is -1.58. The van der Waals surface area contributed by atoms with Crippen molar-refractivity contribution >= 4 is 11.9 Å². The summed E-state index contributed by atoms with van der Waals surface area (Å²) in [6, 6.07) is 0. The summed E-state index contributed by atoms with van der Waals surface area (Å²) in [4.78, 5) is 24.2. The van der Waals surface area contributed by atoms with E-state index in [4.69, 9.17) is 9.47 Å². The molecule has 0 aromatic heterocycles. The average Bonchev–Trinajstić information content (AvgIpc) is 2.45. The molecule has 0 radical (unpaired) electrons. The van der Waals surface area contributed by atoms with Crippen LogP contribution in [0.4, 0.5) is 0 Å². The van der Waals surface area contributed by atoms with Gasteiger partial charge in [0.2, 0.25) is 0 Å². The number of carbonyl (C=O) groups excluding carboxylic acids is 2. The van der Waals surface area contributed by atoms with Gasteiger partial charge in [-0.2, -0.15) is 0 Å². The van der Waals surface area contributed by atoms with Gasteiger partial charge in [-0.15, -0.1) is 0 Å². The van der Waals surface area contributed by atoms with Crippen LogP contribution in [0.15, 0.2) is 24.8 Å². The molecule has 0 spiro atoms. The van der Waals surface area contributed by atoms with Gasteiger partial charge < -0.3 is 9.47 Å². The van der Waals surface area contributed by atoms with Crippen LogP contribution in [0.2, 0.25) is 0 Å². The molecule has 0 N–H and O–H groups in total. The molecule has 0 aromatic carbocycles. The fourth-order valence-corrected chi connectivity index (χ4v) is 2.64. The lowest BCUT2D eigenvalue weighted by molar-refractivity contribution is -0.285. The number of hydrogen-bond donors (Lipinski definition) is 0. The first-order valence-electron chi connectivity index (χ1n) is 8.29. The molecule has 2 atom stereocenters. The van der Waals surface area contributed by atoms with Crippen LogP contribution in [0.3, 0.4) is 0 Å². The van der Waals surface area contributed by atoms with Crippen molar-refractivity contribution in [2.75, 3.05) is 0 Å². The van der Waals surface area contributed by atoms with Crippen LogP contribution in [-0.2, 0) is 19.1 Å². The van der Waals surface area contributed by atoms with E-state index in [0.29, 0.717) is 0 Å². The first-order chi connectivity index (χ1) is 10.6. The number of ether oxygens (including phenoxy) is 2. The highest BCUT2D eigenvalue weighted by atomic mass is 16.7. The summed E-state index contributed by atoms with van der Waals surface area (Å²) in [5, 5.41) is 0. The van der Waals surface area contributed by atoms with Crippen molar-refractivity contribution in [1.82, 2.24) is 0 Å². The molecule has 0 rings (SSSR count). The Kier molecular flexibility index (Phi) is 8.29. The van der Waals surface area contributed by atoms with Gasteiger partial charge in [-0.05, 0) is 19.8 Å². The zero-order valence-electron chi connectivity index (χ0n) is 15.5. The van der Waals surface area contributed by atoms with E-state index in [0.717, 1.165) is 31.8 Å². The molecule has 23 heavy (non-hydrogen) atoms. The Morgan fingerprint density at radius 3 is 2.09 bits per heavy atom. The molecule has 2 unspecified atom stereocenters. The lowest BCUT2D eigenvalue weighted by atomic mass is 9.74. The fourth-order valence-electron chi connectivity index (χ4n) is 2.64. The first-order valence-corrected chi connectivity index (χ1v) is 8.29. The SMILES string of the molecule is C=CC(=O)OC(OC(=O)C(=C)C)(C(CC)CCCC)C(C)(C)C. The van der Waals surface area contributed by atoms with Crippen LogP contribution < -0.4 is 0 Å². The van der Waals surface area contributed by atoms with E-state index in [1.54, 1.807) is 6.92 Å². The molecule has 0 amide bonds. The summed E-state index contributed by atoms with van der Waals surface area (Å²) >= 11 is 0. The molecule has 0 aromatic rings.